The molecule has 3 aromatic carbocycles. The maximum atomic E-state index is 15.2. The maximum absolute atomic E-state index is 15.2. The molecule has 0 amide bonds. The van der Waals surface area contributed by atoms with Crippen molar-refractivity contribution < 1.29 is 27.0 Å². The number of fused-ring (bicyclic) bond motifs is 1. The Hall–Kier alpha value is -3.94. The third kappa shape index (κ3) is 6.35. The number of rotatable bonds is 9. The molecule has 4 rings (SSSR count). The van der Waals surface area contributed by atoms with Crippen LogP contribution < -0.4 is 9.47 Å². The van der Waals surface area contributed by atoms with Gasteiger partial charge in [0.1, 0.15) is 18.2 Å². The van der Waals surface area contributed by atoms with E-state index in [9.17, 15) is 13.2 Å². The molecule has 0 saturated carbocycles. The zero-order chi connectivity index (χ0) is 24.8. The van der Waals surface area contributed by atoms with Crippen LogP contribution in [-0.2, 0) is 12.8 Å². The quantitative estimate of drug-likeness (QED) is 0.196. The lowest BCUT2D eigenvalue weighted by Gasteiger charge is -2.10. The Morgan fingerprint density at radius 2 is 1.60 bits per heavy atom. The van der Waals surface area contributed by atoms with Gasteiger partial charge in [-0.1, -0.05) is 49.1 Å². The Balaban J connectivity index is 1.43. The lowest BCUT2D eigenvalue weighted by Crippen LogP contribution is -2.19. The van der Waals surface area contributed by atoms with Gasteiger partial charge in [-0.3, -0.25) is 0 Å². The third-order valence-corrected chi connectivity index (χ3v) is 5.30. The van der Waals surface area contributed by atoms with E-state index >= 15 is 4.39 Å². The summed E-state index contributed by atoms with van der Waals surface area (Å²) in [6, 6.07) is 15.3. The van der Waals surface area contributed by atoms with Gasteiger partial charge in [-0.15, -0.1) is 0 Å². The largest absolute Gasteiger partial charge is 0.486 e. The van der Waals surface area contributed by atoms with E-state index in [1.54, 1.807) is 48.8 Å². The van der Waals surface area contributed by atoms with Gasteiger partial charge in [0.2, 0.25) is 0 Å². The minimum atomic E-state index is -4.38. The molecule has 8 heteroatoms. The smallest absolute Gasteiger partial charge is 0.422 e. The summed E-state index contributed by atoms with van der Waals surface area (Å²) in [5, 5.41) is 1.22. The van der Waals surface area contributed by atoms with Crippen molar-refractivity contribution in [1.82, 2.24) is 9.97 Å². The topological polar surface area (TPSA) is 44.2 Å². The molecule has 180 valence electrons. The fourth-order valence-electron chi connectivity index (χ4n) is 3.56. The summed E-state index contributed by atoms with van der Waals surface area (Å²) >= 11 is 0. The highest BCUT2D eigenvalue weighted by Crippen LogP contribution is 2.27. The van der Waals surface area contributed by atoms with Crippen LogP contribution in [0.1, 0.15) is 11.1 Å². The normalized spacial score (nSPS) is 11.4. The Labute approximate surface area is 199 Å². The molecule has 0 N–H and O–H groups in total. The highest BCUT2D eigenvalue weighted by atomic mass is 19.4. The van der Waals surface area contributed by atoms with Crippen molar-refractivity contribution in [3.8, 4) is 22.9 Å². The van der Waals surface area contributed by atoms with E-state index in [1.165, 1.54) is 12.1 Å². The molecule has 0 radical (unpaired) electrons. The van der Waals surface area contributed by atoms with Gasteiger partial charge in [0.05, 0.1) is 12.4 Å². The van der Waals surface area contributed by atoms with Crippen LogP contribution in [0.25, 0.3) is 22.2 Å². The Morgan fingerprint density at radius 1 is 0.857 bits per heavy atom. The van der Waals surface area contributed by atoms with Crippen LogP contribution in [0, 0.1) is 5.82 Å². The van der Waals surface area contributed by atoms with Gasteiger partial charge in [0, 0.05) is 10.9 Å². The van der Waals surface area contributed by atoms with Crippen LogP contribution in [0.3, 0.4) is 0 Å². The number of ether oxygens (including phenoxy) is 2. The van der Waals surface area contributed by atoms with Crippen LogP contribution in [0.15, 0.2) is 79.6 Å². The number of hydrogen-bond acceptors (Lipinski definition) is 4. The summed E-state index contributed by atoms with van der Waals surface area (Å²) in [4.78, 5) is 8.63. The standard InChI is InChI=1S/C27H22F4N2O2/c1-2-13-34-23-15-32-26(33-16-23)21-9-12-24-20(14-21)8-7-19(25(24)28)6-3-18-4-10-22(11-5-18)35-17-27(29,30)31/h2,4-5,7-12,14-16H,1,3,6,13,17H2. The Morgan fingerprint density at radius 3 is 2.29 bits per heavy atom. The lowest BCUT2D eigenvalue weighted by molar-refractivity contribution is -0.153. The summed E-state index contributed by atoms with van der Waals surface area (Å²) in [5.41, 5.74) is 2.19. The zero-order valence-corrected chi connectivity index (χ0v) is 18.7. The molecule has 4 aromatic rings. The van der Waals surface area contributed by atoms with Crippen molar-refractivity contribution in [3.63, 3.8) is 0 Å². The molecule has 4 nitrogen and oxygen atoms in total. The highest BCUT2D eigenvalue weighted by molar-refractivity contribution is 5.87. The van der Waals surface area contributed by atoms with Gasteiger partial charge in [-0.2, -0.15) is 13.2 Å². The molecular formula is C27H22F4N2O2. The van der Waals surface area contributed by atoms with E-state index in [0.29, 0.717) is 42.0 Å². The van der Waals surface area contributed by atoms with Gasteiger partial charge >= 0.3 is 6.18 Å². The number of benzene rings is 3. The van der Waals surface area contributed by atoms with E-state index in [2.05, 4.69) is 16.5 Å². The number of aryl methyl sites for hydroxylation is 2. The van der Waals surface area contributed by atoms with E-state index in [-0.39, 0.29) is 11.6 Å². The van der Waals surface area contributed by atoms with Gasteiger partial charge in [-0.05, 0) is 47.6 Å². The molecular weight excluding hydrogens is 460 g/mol. The molecule has 1 aromatic heterocycles. The molecule has 0 spiro atoms. The second-order valence-electron chi connectivity index (χ2n) is 7.86. The highest BCUT2D eigenvalue weighted by Gasteiger charge is 2.28. The molecule has 0 bridgehead atoms. The van der Waals surface area contributed by atoms with Crippen molar-refractivity contribution >= 4 is 10.8 Å². The minimum absolute atomic E-state index is 0.140. The van der Waals surface area contributed by atoms with Crippen LogP contribution in [0.2, 0.25) is 0 Å². The molecule has 1 heterocycles. The summed E-state index contributed by atoms with van der Waals surface area (Å²) < 4.78 is 62.1. The van der Waals surface area contributed by atoms with Crippen LogP contribution in [0.4, 0.5) is 17.6 Å². The van der Waals surface area contributed by atoms with E-state index in [0.717, 1.165) is 16.5 Å². The predicted octanol–water partition coefficient (Wildman–Crippen LogP) is 6.73. The van der Waals surface area contributed by atoms with Gasteiger partial charge in [0.25, 0.3) is 0 Å². The summed E-state index contributed by atoms with van der Waals surface area (Å²) in [5.74, 6) is 0.883. The summed E-state index contributed by atoms with van der Waals surface area (Å²) in [6.07, 6.45) is 1.39. The summed E-state index contributed by atoms with van der Waals surface area (Å²) in [7, 11) is 0. The van der Waals surface area contributed by atoms with Crippen molar-refractivity contribution in [2.24, 2.45) is 0 Å². The van der Waals surface area contributed by atoms with Gasteiger partial charge < -0.3 is 9.47 Å². The van der Waals surface area contributed by atoms with Crippen molar-refractivity contribution in [2.75, 3.05) is 13.2 Å². The van der Waals surface area contributed by atoms with Crippen LogP contribution in [0.5, 0.6) is 11.5 Å². The number of alkyl halides is 3. The first-order valence-corrected chi connectivity index (χ1v) is 10.9. The SMILES string of the molecule is C=CCOc1cnc(-c2ccc3c(F)c(CCc4ccc(OCC(F)(F)F)cc4)ccc3c2)nc1. The second kappa shape index (κ2) is 10.5. The Kier molecular flexibility index (Phi) is 7.29. The van der Waals surface area contributed by atoms with Crippen molar-refractivity contribution in [2.45, 2.75) is 19.0 Å². The number of nitrogens with zero attached hydrogens (tertiary/aromatic N) is 2. The molecule has 0 atom stereocenters. The first-order valence-electron chi connectivity index (χ1n) is 10.9. The van der Waals surface area contributed by atoms with Crippen molar-refractivity contribution in [3.05, 3.63) is 96.6 Å². The monoisotopic (exact) mass is 482 g/mol. The minimum Gasteiger partial charge on any atom is -0.486 e. The number of halogens is 4. The Bertz CT molecular complexity index is 1300. The molecule has 35 heavy (non-hydrogen) atoms. The van der Waals surface area contributed by atoms with Gasteiger partial charge in [-0.25, -0.2) is 14.4 Å². The predicted molar refractivity (Wildman–Crippen MR) is 126 cm³/mol. The molecule has 0 aliphatic rings. The zero-order valence-electron chi connectivity index (χ0n) is 18.7. The average molecular weight is 482 g/mol. The van der Waals surface area contributed by atoms with E-state index in [1.807, 2.05) is 12.1 Å². The maximum Gasteiger partial charge on any atom is 0.422 e. The fourth-order valence-corrected chi connectivity index (χ4v) is 3.56. The average Bonchev–Trinajstić information content (AvgIpc) is 2.86. The molecule has 0 fully saturated rings. The molecule has 0 aliphatic carbocycles. The molecule has 0 saturated heterocycles. The number of aromatic nitrogens is 2. The lowest BCUT2D eigenvalue weighted by atomic mass is 9.99. The van der Waals surface area contributed by atoms with Gasteiger partial charge in [0.15, 0.2) is 18.2 Å². The number of hydrogen-bond donors (Lipinski definition) is 0. The van der Waals surface area contributed by atoms with Crippen LogP contribution >= 0.6 is 0 Å². The first-order chi connectivity index (χ1) is 16.8. The molecule has 0 aliphatic heterocycles. The summed E-state index contributed by atoms with van der Waals surface area (Å²) in [6.45, 7) is 2.62. The first kappa shape index (κ1) is 24.2. The second-order valence-corrected chi connectivity index (χ2v) is 7.86. The van der Waals surface area contributed by atoms with E-state index in [4.69, 9.17) is 9.47 Å². The van der Waals surface area contributed by atoms with Crippen molar-refractivity contribution in [1.29, 1.82) is 0 Å². The third-order valence-electron chi connectivity index (χ3n) is 5.30. The van der Waals surface area contributed by atoms with E-state index < -0.39 is 12.8 Å². The van der Waals surface area contributed by atoms with Crippen LogP contribution in [-0.4, -0.2) is 29.4 Å². The fraction of sp³-hybridized carbons (Fsp3) is 0.185. The molecule has 0 unspecified atom stereocenters.